The van der Waals surface area contributed by atoms with Crippen LogP contribution in [-0.4, -0.2) is 58.4 Å². The summed E-state index contributed by atoms with van der Waals surface area (Å²) in [4.78, 5) is 54.6. The molecule has 0 bridgehead atoms. The van der Waals surface area contributed by atoms with E-state index in [1.165, 1.54) is 11.9 Å². The molecule has 2 aromatic rings. The van der Waals surface area contributed by atoms with Gasteiger partial charge in [0.25, 0.3) is 11.8 Å². The predicted molar refractivity (Wildman–Crippen MR) is 149 cm³/mol. The Morgan fingerprint density at radius 1 is 1.10 bits per heavy atom. The maximum Gasteiger partial charge on any atom is 0.303 e. The van der Waals surface area contributed by atoms with Crippen LogP contribution in [-0.2, 0) is 23.9 Å². The van der Waals surface area contributed by atoms with Crippen LogP contribution in [0.5, 0.6) is 0 Å². The Balaban J connectivity index is 1.61. The predicted octanol–water partition coefficient (Wildman–Crippen LogP) is 3.03. The van der Waals surface area contributed by atoms with E-state index in [1.807, 2.05) is 56.5 Å². The van der Waals surface area contributed by atoms with Gasteiger partial charge >= 0.3 is 5.97 Å². The standard InChI is InChI=1S/C29H39N5O5/c1-7-9-24-15-23-14-21(11-12-22(23)16-30-24)18(4)31-27(36)25-10-8-13-34(33-25)29(38)19(5)32-28(37)26(17(2)3)39-20(6)35/h7,9,11-12,14-19,25-26,33H,8,10,13H2,1-6H3,(H,31,36)(H,32,37)/b9-7+/t18-,19+,25+,26+/m1/s1. The SMILES string of the molecule is C/C=C/c1cc2cc([C@@H](C)NC(=O)[C@@H]3CCCN(C(=O)[C@H](C)NC(=O)[C@@H](OC(C)=O)C(C)C)N3)ccc2cn1. The molecular weight excluding hydrogens is 498 g/mol. The maximum atomic E-state index is 13.1. The van der Waals surface area contributed by atoms with Gasteiger partial charge in [-0.3, -0.25) is 29.2 Å². The lowest BCUT2D eigenvalue weighted by Gasteiger charge is -2.35. The third-order valence-corrected chi connectivity index (χ3v) is 6.62. The molecular formula is C29H39N5O5. The number of carbonyl (C=O) groups excluding carboxylic acids is 4. The van der Waals surface area contributed by atoms with Gasteiger partial charge in [0.1, 0.15) is 12.1 Å². The molecule has 1 aromatic carbocycles. The normalized spacial score (nSPS) is 18.0. The Bertz CT molecular complexity index is 1240. The van der Waals surface area contributed by atoms with Crippen LogP contribution in [0.25, 0.3) is 16.8 Å². The van der Waals surface area contributed by atoms with Crippen LogP contribution >= 0.6 is 0 Å². The molecule has 3 rings (SSSR count). The minimum absolute atomic E-state index is 0.212. The van der Waals surface area contributed by atoms with Gasteiger partial charge in [-0.1, -0.05) is 32.1 Å². The molecule has 1 fully saturated rings. The molecule has 2 heterocycles. The Hall–Kier alpha value is -3.79. The van der Waals surface area contributed by atoms with Gasteiger partial charge in [-0.2, -0.15) is 0 Å². The zero-order valence-corrected chi connectivity index (χ0v) is 23.5. The number of hydrogen-bond acceptors (Lipinski definition) is 7. The van der Waals surface area contributed by atoms with Crippen LogP contribution in [0.15, 0.2) is 36.5 Å². The van der Waals surface area contributed by atoms with Gasteiger partial charge in [0, 0.05) is 25.1 Å². The number of pyridine rings is 1. The summed E-state index contributed by atoms with van der Waals surface area (Å²) in [5, 5.41) is 9.11. The van der Waals surface area contributed by atoms with Gasteiger partial charge in [0.2, 0.25) is 5.91 Å². The number of hydrogen-bond donors (Lipinski definition) is 3. The molecule has 10 nitrogen and oxygen atoms in total. The molecule has 0 saturated carbocycles. The topological polar surface area (TPSA) is 130 Å². The number of amides is 3. The maximum absolute atomic E-state index is 13.1. The fourth-order valence-electron chi connectivity index (χ4n) is 4.50. The summed E-state index contributed by atoms with van der Waals surface area (Å²) in [7, 11) is 0. The van der Waals surface area contributed by atoms with Crippen molar-refractivity contribution in [2.45, 2.75) is 78.6 Å². The minimum Gasteiger partial charge on any atom is -0.452 e. The summed E-state index contributed by atoms with van der Waals surface area (Å²) in [6.07, 6.45) is 5.91. The van der Waals surface area contributed by atoms with Crippen molar-refractivity contribution >= 4 is 40.5 Å². The second-order valence-electron chi connectivity index (χ2n) is 10.3. The molecule has 0 aliphatic carbocycles. The van der Waals surface area contributed by atoms with Crippen molar-refractivity contribution in [2.24, 2.45) is 5.92 Å². The average molecular weight is 538 g/mol. The second kappa shape index (κ2) is 13.3. The van der Waals surface area contributed by atoms with Crippen molar-refractivity contribution in [3.8, 4) is 0 Å². The lowest BCUT2D eigenvalue weighted by Crippen LogP contribution is -2.61. The lowest BCUT2D eigenvalue weighted by atomic mass is 10.0. The zero-order chi connectivity index (χ0) is 28.7. The monoisotopic (exact) mass is 537 g/mol. The number of fused-ring (bicyclic) bond motifs is 1. The van der Waals surface area contributed by atoms with Crippen LogP contribution in [0.3, 0.4) is 0 Å². The summed E-state index contributed by atoms with van der Waals surface area (Å²) in [5.74, 6) is -1.95. The highest BCUT2D eigenvalue weighted by Crippen LogP contribution is 2.22. The van der Waals surface area contributed by atoms with E-state index in [0.717, 1.165) is 22.0 Å². The first-order chi connectivity index (χ1) is 18.5. The number of hydrazine groups is 1. The van der Waals surface area contributed by atoms with Crippen LogP contribution in [0.4, 0.5) is 0 Å². The molecule has 4 atom stereocenters. The van der Waals surface area contributed by atoms with Crippen LogP contribution in [0.2, 0.25) is 0 Å². The number of esters is 1. The second-order valence-corrected chi connectivity index (χ2v) is 10.3. The third-order valence-electron chi connectivity index (χ3n) is 6.62. The molecule has 0 radical (unpaired) electrons. The van der Waals surface area contributed by atoms with Gasteiger partial charge in [-0.15, -0.1) is 0 Å². The average Bonchev–Trinajstić information content (AvgIpc) is 2.90. The van der Waals surface area contributed by atoms with E-state index in [2.05, 4.69) is 21.0 Å². The van der Waals surface area contributed by atoms with Crippen molar-refractivity contribution in [1.82, 2.24) is 26.1 Å². The number of carbonyl (C=O) groups is 4. The first-order valence-corrected chi connectivity index (χ1v) is 13.4. The number of rotatable bonds is 9. The molecule has 1 aliphatic rings. The summed E-state index contributed by atoms with van der Waals surface area (Å²) in [6.45, 7) is 10.6. The zero-order valence-electron chi connectivity index (χ0n) is 23.5. The van der Waals surface area contributed by atoms with E-state index in [4.69, 9.17) is 4.74 Å². The summed E-state index contributed by atoms with van der Waals surface area (Å²) in [5.41, 5.74) is 4.84. The first-order valence-electron chi connectivity index (χ1n) is 13.4. The van der Waals surface area contributed by atoms with Crippen LogP contribution in [0, 0.1) is 5.92 Å². The smallest absolute Gasteiger partial charge is 0.303 e. The molecule has 0 unspecified atom stereocenters. The fourth-order valence-corrected chi connectivity index (χ4v) is 4.50. The van der Waals surface area contributed by atoms with Crippen molar-refractivity contribution in [3.63, 3.8) is 0 Å². The summed E-state index contributed by atoms with van der Waals surface area (Å²) >= 11 is 0. The molecule has 3 N–H and O–H groups in total. The molecule has 3 amide bonds. The third kappa shape index (κ3) is 7.86. The number of nitrogens with one attached hydrogen (secondary N) is 3. The number of ether oxygens (including phenoxy) is 1. The van der Waals surface area contributed by atoms with Crippen molar-refractivity contribution in [1.29, 1.82) is 0 Å². The first kappa shape index (κ1) is 29.8. The van der Waals surface area contributed by atoms with E-state index in [9.17, 15) is 19.2 Å². The molecule has 1 aromatic heterocycles. The van der Waals surface area contributed by atoms with Crippen molar-refractivity contribution in [2.75, 3.05) is 6.54 Å². The molecule has 1 aliphatic heterocycles. The van der Waals surface area contributed by atoms with E-state index in [0.29, 0.717) is 19.4 Å². The number of benzene rings is 1. The molecule has 210 valence electrons. The van der Waals surface area contributed by atoms with Gasteiger partial charge in [0.15, 0.2) is 6.10 Å². The molecule has 39 heavy (non-hydrogen) atoms. The van der Waals surface area contributed by atoms with Gasteiger partial charge in [-0.05, 0) is 68.7 Å². The largest absolute Gasteiger partial charge is 0.452 e. The van der Waals surface area contributed by atoms with Gasteiger partial charge in [-0.25, -0.2) is 5.43 Å². The lowest BCUT2D eigenvalue weighted by molar-refractivity contribution is -0.157. The Labute approximate surface area is 229 Å². The van der Waals surface area contributed by atoms with E-state index < -0.39 is 30.1 Å². The Morgan fingerprint density at radius 3 is 2.51 bits per heavy atom. The van der Waals surface area contributed by atoms with E-state index >= 15 is 0 Å². The quantitative estimate of drug-likeness (QED) is 0.419. The number of nitrogens with zero attached hydrogens (tertiary/aromatic N) is 2. The number of allylic oxidation sites excluding steroid dienone is 1. The highest BCUT2D eigenvalue weighted by atomic mass is 16.5. The van der Waals surface area contributed by atoms with Crippen LogP contribution < -0.4 is 16.1 Å². The van der Waals surface area contributed by atoms with E-state index in [1.54, 1.807) is 20.8 Å². The van der Waals surface area contributed by atoms with Crippen molar-refractivity contribution in [3.05, 3.63) is 47.8 Å². The van der Waals surface area contributed by atoms with Gasteiger partial charge < -0.3 is 15.4 Å². The Kier molecular flexibility index (Phi) is 10.2. The summed E-state index contributed by atoms with van der Waals surface area (Å²) in [6, 6.07) is 6.30. The fraction of sp³-hybridized carbons (Fsp3) is 0.483. The van der Waals surface area contributed by atoms with Gasteiger partial charge in [0.05, 0.1) is 11.7 Å². The minimum atomic E-state index is -0.992. The van der Waals surface area contributed by atoms with Crippen LogP contribution in [0.1, 0.15) is 71.7 Å². The highest BCUT2D eigenvalue weighted by Gasteiger charge is 2.33. The highest BCUT2D eigenvalue weighted by molar-refractivity contribution is 5.90. The summed E-state index contributed by atoms with van der Waals surface area (Å²) < 4.78 is 5.11. The molecule has 0 spiro atoms. The molecule has 10 heteroatoms. The molecule has 1 saturated heterocycles. The number of aromatic nitrogens is 1. The van der Waals surface area contributed by atoms with E-state index in [-0.39, 0.29) is 23.8 Å². The van der Waals surface area contributed by atoms with Crippen molar-refractivity contribution < 1.29 is 23.9 Å². The Morgan fingerprint density at radius 2 is 1.85 bits per heavy atom.